The topological polar surface area (TPSA) is 54.0 Å². The van der Waals surface area contributed by atoms with E-state index in [1.165, 1.54) is 24.5 Å². The van der Waals surface area contributed by atoms with Crippen LogP contribution in [-0.2, 0) is 0 Å². The van der Waals surface area contributed by atoms with Crippen LogP contribution in [0.25, 0.3) is 16.9 Å². The van der Waals surface area contributed by atoms with Crippen molar-refractivity contribution in [3.63, 3.8) is 0 Å². The molecule has 0 radical (unpaired) electrons. The minimum atomic E-state index is -0.344. The highest BCUT2D eigenvalue weighted by atomic mass is 19.1. The van der Waals surface area contributed by atoms with Crippen LogP contribution in [0.2, 0.25) is 0 Å². The average molecular weight is 238 g/mol. The number of fused-ring (bicyclic) bond motifs is 1. The lowest BCUT2D eigenvalue weighted by Gasteiger charge is -2.01. The van der Waals surface area contributed by atoms with Crippen LogP contribution >= 0.6 is 0 Å². The Morgan fingerprint density at radius 1 is 1.22 bits per heavy atom. The number of aromatic nitrogens is 3. The van der Waals surface area contributed by atoms with Crippen LogP contribution in [0.1, 0.15) is 5.56 Å². The molecule has 0 bridgehead atoms. The molecule has 0 aromatic carbocycles. The van der Waals surface area contributed by atoms with Crippen molar-refractivity contribution in [2.75, 3.05) is 0 Å². The number of rotatable bonds is 1. The van der Waals surface area contributed by atoms with Gasteiger partial charge in [0.1, 0.15) is 11.9 Å². The number of hydrogen-bond acceptors (Lipinski definition) is 3. The van der Waals surface area contributed by atoms with Gasteiger partial charge in [-0.1, -0.05) is 0 Å². The van der Waals surface area contributed by atoms with E-state index in [4.69, 9.17) is 5.26 Å². The lowest BCUT2D eigenvalue weighted by molar-refractivity contribution is 0.626. The molecule has 0 saturated heterocycles. The number of nitrogens with zero attached hydrogens (tertiary/aromatic N) is 4. The van der Waals surface area contributed by atoms with Gasteiger partial charge in [-0.25, -0.2) is 8.91 Å². The van der Waals surface area contributed by atoms with Crippen LogP contribution < -0.4 is 0 Å². The lowest BCUT2D eigenvalue weighted by atomic mass is 10.3. The standard InChI is InChI=1S/C13H7FN4/c14-10-3-4-16-12(6-10)13-2-1-11-5-9(7-15)8-17-18(11)13/h1-6,8H. The molecule has 0 aliphatic rings. The van der Waals surface area contributed by atoms with Crippen LogP contribution in [0.15, 0.2) is 42.7 Å². The zero-order valence-electron chi connectivity index (χ0n) is 9.21. The maximum atomic E-state index is 13.2. The highest BCUT2D eigenvalue weighted by Crippen LogP contribution is 2.20. The Morgan fingerprint density at radius 3 is 2.89 bits per heavy atom. The lowest BCUT2D eigenvalue weighted by Crippen LogP contribution is -1.96. The molecule has 0 N–H and O–H groups in total. The Morgan fingerprint density at radius 2 is 2.11 bits per heavy atom. The smallest absolute Gasteiger partial charge is 0.126 e. The number of pyridine rings is 1. The molecule has 5 heteroatoms. The molecule has 0 spiro atoms. The first kappa shape index (κ1) is 10.4. The Balaban J connectivity index is 2.22. The van der Waals surface area contributed by atoms with E-state index in [0.29, 0.717) is 17.0 Å². The van der Waals surface area contributed by atoms with E-state index < -0.39 is 0 Å². The Hall–Kier alpha value is -2.74. The molecule has 0 aliphatic carbocycles. The maximum absolute atomic E-state index is 13.2. The first-order chi connectivity index (χ1) is 8.78. The van der Waals surface area contributed by atoms with Gasteiger partial charge >= 0.3 is 0 Å². The summed E-state index contributed by atoms with van der Waals surface area (Å²) >= 11 is 0. The fraction of sp³-hybridized carbons (Fsp3) is 0. The summed E-state index contributed by atoms with van der Waals surface area (Å²) in [5, 5.41) is 12.9. The van der Waals surface area contributed by atoms with Crippen molar-refractivity contribution in [2.24, 2.45) is 0 Å². The summed E-state index contributed by atoms with van der Waals surface area (Å²) in [6, 6.07) is 10.00. The van der Waals surface area contributed by atoms with Crippen molar-refractivity contribution < 1.29 is 4.39 Å². The quantitative estimate of drug-likeness (QED) is 0.654. The molecular weight excluding hydrogens is 231 g/mol. The summed E-state index contributed by atoms with van der Waals surface area (Å²) < 4.78 is 14.8. The summed E-state index contributed by atoms with van der Waals surface area (Å²) in [4.78, 5) is 4.11. The summed E-state index contributed by atoms with van der Waals surface area (Å²) in [5.74, 6) is -0.344. The SMILES string of the molecule is N#Cc1cnn2c(-c3cc(F)ccn3)ccc2c1. The molecule has 3 aromatic rings. The van der Waals surface area contributed by atoms with Crippen LogP contribution in [0.3, 0.4) is 0 Å². The molecule has 3 heterocycles. The van der Waals surface area contributed by atoms with Gasteiger partial charge in [0.15, 0.2) is 0 Å². The molecule has 18 heavy (non-hydrogen) atoms. The third-order valence-corrected chi connectivity index (χ3v) is 2.61. The molecule has 4 nitrogen and oxygen atoms in total. The molecular formula is C13H7FN4. The number of hydrogen-bond donors (Lipinski definition) is 0. The molecule has 0 atom stereocenters. The monoisotopic (exact) mass is 238 g/mol. The second-order valence-electron chi connectivity index (χ2n) is 3.77. The molecule has 0 saturated carbocycles. The van der Waals surface area contributed by atoms with E-state index in [1.807, 2.05) is 12.1 Å². The fourth-order valence-corrected chi connectivity index (χ4v) is 1.80. The van der Waals surface area contributed by atoms with Gasteiger partial charge in [-0.3, -0.25) is 4.98 Å². The minimum absolute atomic E-state index is 0.344. The summed E-state index contributed by atoms with van der Waals surface area (Å²) in [7, 11) is 0. The highest BCUT2D eigenvalue weighted by molar-refractivity contribution is 5.64. The molecule has 0 amide bonds. The average Bonchev–Trinajstić information content (AvgIpc) is 2.81. The normalized spacial score (nSPS) is 10.4. The van der Waals surface area contributed by atoms with Crippen molar-refractivity contribution in [1.82, 2.24) is 14.6 Å². The van der Waals surface area contributed by atoms with Gasteiger partial charge in [-0.05, 0) is 24.3 Å². The van der Waals surface area contributed by atoms with Crippen LogP contribution in [0, 0.1) is 17.1 Å². The second kappa shape index (κ2) is 3.93. The highest BCUT2D eigenvalue weighted by Gasteiger charge is 2.08. The third-order valence-electron chi connectivity index (χ3n) is 2.61. The predicted octanol–water partition coefficient (Wildman–Crippen LogP) is 2.41. The summed E-state index contributed by atoms with van der Waals surface area (Å²) in [6.07, 6.45) is 2.88. The van der Waals surface area contributed by atoms with Crippen LogP contribution in [0.4, 0.5) is 4.39 Å². The van der Waals surface area contributed by atoms with E-state index in [-0.39, 0.29) is 5.82 Å². The Kier molecular flexibility index (Phi) is 2.27. The largest absolute Gasteiger partial charge is 0.254 e. The van der Waals surface area contributed by atoms with Gasteiger partial charge in [0, 0.05) is 12.3 Å². The molecule has 0 unspecified atom stereocenters. The van der Waals surface area contributed by atoms with Gasteiger partial charge in [0.25, 0.3) is 0 Å². The van der Waals surface area contributed by atoms with Crippen LogP contribution in [0.5, 0.6) is 0 Å². The van der Waals surface area contributed by atoms with Crippen molar-refractivity contribution in [1.29, 1.82) is 5.26 Å². The molecule has 3 aromatic heterocycles. The van der Waals surface area contributed by atoms with E-state index in [9.17, 15) is 4.39 Å². The predicted molar refractivity (Wildman–Crippen MR) is 63.1 cm³/mol. The first-order valence-electron chi connectivity index (χ1n) is 5.28. The summed E-state index contributed by atoms with van der Waals surface area (Å²) in [6.45, 7) is 0. The van der Waals surface area contributed by atoms with Crippen molar-refractivity contribution in [3.05, 3.63) is 54.1 Å². The maximum Gasteiger partial charge on any atom is 0.126 e. The van der Waals surface area contributed by atoms with Gasteiger partial charge in [-0.15, -0.1) is 0 Å². The van der Waals surface area contributed by atoms with Gasteiger partial charge in [0.05, 0.1) is 28.7 Å². The van der Waals surface area contributed by atoms with Crippen LogP contribution in [-0.4, -0.2) is 14.6 Å². The van der Waals surface area contributed by atoms with E-state index >= 15 is 0 Å². The summed E-state index contributed by atoms with van der Waals surface area (Å²) in [5.41, 5.74) is 2.45. The zero-order chi connectivity index (χ0) is 12.5. The van der Waals surface area contributed by atoms with E-state index in [0.717, 1.165) is 5.52 Å². The number of nitriles is 1. The Labute approximate surface area is 102 Å². The third kappa shape index (κ3) is 1.60. The first-order valence-corrected chi connectivity index (χ1v) is 5.28. The van der Waals surface area contributed by atoms with Gasteiger partial charge in [-0.2, -0.15) is 10.4 Å². The van der Waals surface area contributed by atoms with E-state index in [2.05, 4.69) is 10.1 Å². The van der Waals surface area contributed by atoms with Crippen molar-refractivity contribution >= 4 is 5.52 Å². The molecule has 0 aliphatic heterocycles. The van der Waals surface area contributed by atoms with Gasteiger partial charge in [0.2, 0.25) is 0 Å². The minimum Gasteiger partial charge on any atom is -0.254 e. The fourth-order valence-electron chi connectivity index (χ4n) is 1.80. The molecule has 3 rings (SSSR count). The molecule has 86 valence electrons. The van der Waals surface area contributed by atoms with Crippen molar-refractivity contribution in [2.45, 2.75) is 0 Å². The zero-order valence-corrected chi connectivity index (χ0v) is 9.21. The number of halogens is 1. The van der Waals surface area contributed by atoms with E-state index in [1.54, 1.807) is 16.6 Å². The van der Waals surface area contributed by atoms with Crippen molar-refractivity contribution in [3.8, 4) is 17.5 Å². The second-order valence-corrected chi connectivity index (χ2v) is 3.77. The van der Waals surface area contributed by atoms with Gasteiger partial charge < -0.3 is 0 Å². The Bertz CT molecular complexity index is 770. The molecule has 0 fully saturated rings.